The minimum absolute atomic E-state index is 0.0908. The van der Waals surface area contributed by atoms with E-state index in [-0.39, 0.29) is 29.6 Å². The Bertz CT molecular complexity index is 463. The molecule has 0 radical (unpaired) electrons. The average Bonchev–Trinajstić information content (AvgIpc) is 3.09. The minimum atomic E-state index is -1.25. The number of phenolic OH excluding ortho intramolecular Hbond substituents is 1. The number of epoxide rings is 1. The highest BCUT2D eigenvalue weighted by molar-refractivity contribution is 6.02. The molecule has 2 N–H and O–H groups in total. The first-order valence-corrected chi connectivity index (χ1v) is 4.93. The third-order valence-corrected chi connectivity index (χ3v) is 2.26. The Balaban J connectivity index is 2.18. The minimum Gasteiger partial charge on any atom is -0.508 e. The van der Waals surface area contributed by atoms with Crippen molar-refractivity contribution in [3.05, 3.63) is 29.3 Å². The van der Waals surface area contributed by atoms with E-state index in [1.54, 1.807) is 0 Å². The molecule has 0 saturated carbocycles. The van der Waals surface area contributed by atoms with Gasteiger partial charge in [0.15, 0.2) is 0 Å². The van der Waals surface area contributed by atoms with E-state index in [0.29, 0.717) is 6.61 Å². The number of ether oxygens (including phenoxy) is 2. The van der Waals surface area contributed by atoms with E-state index in [9.17, 15) is 14.7 Å². The van der Waals surface area contributed by atoms with Gasteiger partial charge in [0.2, 0.25) is 0 Å². The van der Waals surface area contributed by atoms with Crippen LogP contribution < -0.4 is 0 Å². The topological polar surface area (TPSA) is 96.4 Å². The van der Waals surface area contributed by atoms with Gasteiger partial charge in [-0.25, -0.2) is 9.59 Å². The van der Waals surface area contributed by atoms with Crippen molar-refractivity contribution in [3.63, 3.8) is 0 Å². The molecule has 1 aromatic rings. The molecule has 1 fully saturated rings. The van der Waals surface area contributed by atoms with Crippen molar-refractivity contribution in [2.24, 2.45) is 0 Å². The SMILES string of the molecule is O=C(O)c1ccc(O)cc1C(=O)OCC1CO1. The van der Waals surface area contributed by atoms with Gasteiger partial charge in [0.25, 0.3) is 0 Å². The molecule has 6 nitrogen and oxygen atoms in total. The Kier molecular flexibility index (Phi) is 2.97. The highest BCUT2D eigenvalue weighted by Gasteiger charge is 2.26. The number of aromatic carboxylic acids is 1. The van der Waals surface area contributed by atoms with Crippen LogP contribution in [0.1, 0.15) is 20.7 Å². The van der Waals surface area contributed by atoms with Gasteiger partial charge >= 0.3 is 11.9 Å². The van der Waals surface area contributed by atoms with Gasteiger partial charge in [-0.2, -0.15) is 0 Å². The lowest BCUT2D eigenvalue weighted by Crippen LogP contribution is -2.14. The molecule has 1 unspecified atom stereocenters. The molecule has 1 atom stereocenters. The third kappa shape index (κ3) is 2.73. The maximum atomic E-state index is 11.6. The molecule has 0 aliphatic carbocycles. The number of carboxylic acids is 1. The molecule has 1 aliphatic heterocycles. The van der Waals surface area contributed by atoms with Crippen molar-refractivity contribution < 1.29 is 29.3 Å². The van der Waals surface area contributed by atoms with Gasteiger partial charge in [0, 0.05) is 0 Å². The highest BCUT2D eigenvalue weighted by Crippen LogP contribution is 2.18. The number of aromatic hydroxyl groups is 1. The molecule has 0 bridgehead atoms. The molecular formula is C11H10O6. The Morgan fingerprint density at radius 1 is 1.41 bits per heavy atom. The van der Waals surface area contributed by atoms with Crippen LogP contribution in [-0.4, -0.2) is 41.5 Å². The van der Waals surface area contributed by atoms with Gasteiger partial charge in [-0.1, -0.05) is 0 Å². The standard InChI is InChI=1S/C11H10O6/c12-6-1-2-8(10(13)14)9(3-6)11(15)17-5-7-4-16-7/h1-3,7,12H,4-5H2,(H,13,14). The van der Waals surface area contributed by atoms with Crippen LogP contribution in [0.2, 0.25) is 0 Å². The lowest BCUT2D eigenvalue weighted by atomic mass is 10.1. The molecule has 90 valence electrons. The largest absolute Gasteiger partial charge is 0.508 e. The summed E-state index contributed by atoms with van der Waals surface area (Å²) in [6.45, 7) is 0.632. The van der Waals surface area contributed by atoms with Crippen molar-refractivity contribution in [2.45, 2.75) is 6.10 Å². The fourth-order valence-corrected chi connectivity index (χ4v) is 1.30. The van der Waals surface area contributed by atoms with Gasteiger partial charge in [-0.3, -0.25) is 0 Å². The summed E-state index contributed by atoms with van der Waals surface area (Å²) in [5.41, 5.74) is -0.373. The van der Waals surface area contributed by atoms with Crippen LogP contribution in [0, 0.1) is 0 Å². The summed E-state index contributed by atoms with van der Waals surface area (Å²) >= 11 is 0. The molecular weight excluding hydrogens is 228 g/mol. The normalized spacial score (nSPS) is 17.5. The summed E-state index contributed by atoms with van der Waals surface area (Å²) in [6, 6.07) is 3.42. The third-order valence-electron chi connectivity index (χ3n) is 2.26. The number of carbonyl (C=O) groups excluding carboxylic acids is 1. The second-order valence-electron chi connectivity index (χ2n) is 3.59. The molecule has 6 heteroatoms. The predicted molar refractivity (Wildman–Crippen MR) is 55.1 cm³/mol. The molecule has 17 heavy (non-hydrogen) atoms. The Labute approximate surface area is 96.4 Å². The number of carboxylic acid groups (broad SMARTS) is 1. The van der Waals surface area contributed by atoms with Crippen molar-refractivity contribution in [2.75, 3.05) is 13.2 Å². The maximum absolute atomic E-state index is 11.6. The van der Waals surface area contributed by atoms with E-state index < -0.39 is 11.9 Å². The second-order valence-corrected chi connectivity index (χ2v) is 3.59. The van der Waals surface area contributed by atoms with Crippen LogP contribution in [0.25, 0.3) is 0 Å². The van der Waals surface area contributed by atoms with E-state index in [2.05, 4.69) is 0 Å². The molecule has 0 amide bonds. The Morgan fingerprint density at radius 3 is 2.71 bits per heavy atom. The summed E-state index contributed by atoms with van der Waals surface area (Å²) < 4.78 is 9.71. The van der Waals surface area contributed by atoms with Gasteiger partial charge < -0.3 is 19.7 Å². The summed E-state index contributed by atoms with van der Waals surface area (Å²) in [7, 11) is 0. The number of hydrogen-bond acceptors (Lipinski definition) is 5. The molecule has 0 spiro atoms. The van der Waals surface area contributed by atoms with Gasteiger partial charge in [0.1, 0.15) is 18.5 Å². The van der Waals surface area contributed by atoms with Crippen molar-refractivity contribution in [1.29, 1.82) is 0 Å². The van der Waals surface area contributed by atoms with E-state index in [1.165, 1.54) is 6.07 Å². The number of rotatable bonds is 4. The quantitative estimate of drug-likeness (QED) is 0.590. The first kappa shape index (κ1) is 11.4. The lowest BCUT2D eigenvalue weighted by Gasteiger charge is -2.06. The number of phenols is 1. The van der Waals surface area contributed by atoms with E-state index in [1.807, 2.05) is 0 Å². The summed E-state index contributed by atoms with van der Waals surface area (Å²) in [5.74, 6) is -2.22. The zero-order valence-corrected chi connectivity index (χ0v) is 8.75. The zero-order chi connectivity index (χ0) is 12.4. The zero-order valence-electron chi connectivity index (χ0n) is 8.75. The van der Waals surface area contributed by atoms with E-state index >= 15 is 0 Å². The van der Waals surface area contributed by atoms with Gasteiger partial charge in [0.05, 0.1) is 17.7 Å². The summed E-state index contributed by atoms with van der Waals surface area (Å²) in [5, 5.41) is 18.1. The van der Waals surface area contributed by atoms with Crippen LogP contribution >= 0.6 is 0 Å². The van der Waals surface area contributed by atoms with Gasteiger partial charge in [-0.15, -0.1) is 0 Å². The number of esters is 1. The number of hydrogen-bond donors (Lipinski definition) is 2. The Hall–Kier alpha value is -2.08. The fraction of sp³-hybridized carbons (Fsp3) is 0.273. The predicted octanol–water partition coefficient (Wildman–Crippen LogP) is 0.646. The van der Waals surface area contributed by atoms with Gasteiger partial charge in [-0.05, 0) is 18.2 Å². The van der Waals surface area contributed by atoms with Crippen molar-refractivity contribution in [1.82, 2.24) is 0 Å². The molecule has 2 rings (SSSR count). The highest BCUT2D eigenvalue weighted by atomic mass is 16.6. The van der Waals surface area contributed by atoms with E-state index in [4.69, 9.17) is 14.6 Å². The Morgan fingerprint density at radius 2 is 2.12 bits per heavy atom. The summed E-state index contributed by atoms with van der Waals surface area (Å²) in [6.07, 6.45) is -0.0930. The van der Waals surface area contributed by atoms with Crippen LogP contribution in [0.3, 0.4) is 0 Å². The molecule has 1 saturated heterocycles. The molecule has 1 aromatic carbocycles. The maximum Gasteiger partial charge on any atom is 0.339 e. The molecule has 1 aliphatic rings. The fourth-order valence-electron chi connectivity index (χ4n) is 1.30. The summed E-state index contributed by atoms with van der Waals surface area (Å²) in [4.78, 5) is 22.5. The molecule has 1 heterocycles. The van der Waals surface area contributed by atoms with Crippen molar-refractivity contribution >= 4 is 11.9 Å². The smallest absolute Gasteiger partial charge is 0.339 e. The van der Waals surface area contributed by atoms with Crippen LogP contribution in [0.4, 0.5) is 0 Å². The number of carbonyl (C=O) groups is 2. The van der Waals surface area contributed by atoms with E-state index in [0.717, 1.165) is 12.1 Å². The first-order valence-electron chi connectivity index (χ1n) is 4.93. The van der Waals surface area contributed by atoms with Crippen LogP contribution in [0.15, 0.2) is 18.2 Å². The van der Waals surface area contributed by atoms with Crippen LogP contribution in [0.5, 0.6) is 5.75 Å². The average molecular weight is 238 g/mol. The second kappa shape index (κ2) is 4.42. The lowest BCUT2D eigenvalue weighted by molar-refractivity contribution is 0.0467. The monoisotopic (exact) mass is 238 g/mol. The number of benzene rings is 1. The van der Waals surface area contributed by atoms with Crippen LogP contribution in [-0.2, 0) is 9.47 Å². The van der Waals surface area contributed by atoms with Crippen molar-refractivity contribution in [3.8, 4) is 5.75 Å². The molecule has 0 aromatic heterocycles. The first-order chi connectivity index (χ1) is 8.08.